The lowest BCUT2D eigenvalue weighted by Gasteiger charge is -2.25. The minimum atomic E-state index is -3.45. The molecule has 3 saturated heterocycles. The highest BCUT2D eigenvalue weighted by Crippen LogP contribution is 2.58. The molecule has 3 aliphatic heterocycles. The van der Waals surface area contributed by atoms with Crippen LogP contribution in [-0.4, -0.2) is 59.3 Å². The number of hydrogen-bond acceptors (Lipinski definition) is 7. The maximum atomic E-state index is 12.9. The van der Waals surface area contributed by atoms with Gasteiger partial charge in [0, 0.05) is 31.4 Å². The fourth-order valence-corrected chi connectivity index (χ4v) is 8.38. The fourth-order valence-electron chi connectivity index (χ4n) is 4.79. The molecule has 1 aromatic carbocycles. The quantitative estimate of drug-likeness (QED) is 0.607. The van der Waals surface area contributed by atoms with Gasteiger partial charge in [0.15, 0.2) is 9.84 Å². The molecule has 0 spiro atoms. The van der Waals surface area contributed by atoms with Crippen LogP contribution in [0.1, 0.15) is 38.8 Å². The Morgan fingerprint density at radius 2 is 2.06 bits per heavy atom. The number of ether oxygens (including phenoxy) is 1. The number of sulfone groups is 1. The highest BCUT2D eigenvalue weighted by molar-refractivity contribution is 7.91. The minimum absolute atomic E-state index is 0.0464. The number of fused-ring (bicyclic) bond motifs is 1. The second-order valence-electron chi connectivity index (χ2n) is 8.44. The number of rotatable bonds is 7. The van der Waals surface area contributed by atoms with E-state index in [2.05, 4.69) is 9.65 Å². The van der Waals surface area contributed by atoms with Crippen molar-refractivity contribution in [1.29, 1.82) is 0 Å². The van der Waals surface area contributed by atoms with E-state index < -0.39 is 24.5 Å². The molecule has 0 saturated carbocycles. The third-order valence-corrected chi connectivity index (χ3v) is 9.99. The topological polar surface area (TPSA) is 103 Å². The van der Waals surface area contributed by atoms with Crippen LogP contribution in [0, 0.1) is 0 Å². The van der Waals surface area contributed by atoms with Crippen LogP contribution in [0.5, 0.6) is 0 Å². The Hall–Kier alpha value is -1.55. The molecule has 3 aliphatic rings. The van der Waals surface area contributed by atoms with Gasteiger partial charge < -0.3 is 18.8 Å². The van der Waals surface area contributed by atoms with Gasteiger partial charge in [0.2, 0.25) is 0 Å². The highest BCUT2D eigenvalue weighted by Gasteiger charge is 2.50. The molecular formula is C21H28N3O6PS. The molecule has 4 heterocycles. The van der Waals surface area contributed by atoms with Gasteiger partial charge >= 0.3 is 5.69 Å². The lowest BCUT2D eigenvalue weighted by molar-refractivity contribution is -0.0180. The average molecular weight is 482 g/mol. The number of aromatic amines is 1. The molecular weight excluding hydrogens is 453 g/mol. The Morgan fingerprint density at radius 3 is 2.78 bits per heavy atom. The van der Waals surface area contributed by atoms with Gasteiger partial charge in [-0.1, -0.05) is 25.1 Å². The van der Waals surface area contributed by atoms with Crippen molar-refractivity contribution in [3.05, 3.63) is 53.2 Å². The number of aromatic nitrogens is 2. The van der Waals surface area contributed by atoms with E-state index in [4.69, 9.17) is 13.8 Å². The Kier molecular flexibility index (Phi) is 6.26. The molecule has 32 heavy (non-hydrogen) atoms. The van der Waals surface area contributed by atoms with Gasteiger partial charge in [-0.3, -0.25) is 4.57 Å². The third-order valence-electron chi connectivity index (χ3n) is 6.42. The molecule has 5 rings (SSSR count). The SMILES string of the molecule is CC[C@H]1O[C@@H](n2cc[nH]c2=O)CC1O[P@@]1O[C@H](CS(=O)(=O)c2ccccc2)[C@@H]2CCCN21. The van der Waals surface area contributed by atoms with Gasteiger partial charge in [0.25, 0.3) is 8.53 Å². The monoisotopic (exact) mass is 481 g/mol. The summed E-state index contributed by atoms with van der Waals surface area (Å²) in [5.74, 6) is -0.0554. The molecule has 2 aromatic rings. The lowest BCUT2D eigenvalue weighted by atomic mass is 10.1. The Morgan fingerprint density at radius 1 is 1.25 bits per heavy atom. The van der Waals surface area contributed by atoms with Gasteiger partial charge in [-0.25, -0.2) is 17.9 Å². The van der Waals surface area contributed by atoms with Crippen molar-refractivity contribution in [1.82, 2.24) is 14.2 Å². The van der Waals surface area contributed by atoms with Crippen molar-refractivity contribution in [2.75, 3.05) is 12.3 Å². The van der Waals surface area contributed by atoms with E-state index in [1.807, 2.05) is 6.92 Å². The zero-order valence-electron chi connectivity index (χ0n) is 17.9. The zero-order chi connectivity index (χ0) is 22.3. The minimum Gasteiger partial charge on any atom is -0.352 e. The average Bonchev–Trinajstić information content (AvgIpc) is 3.55. The van der Waals surface area contributed by atoms with Crippen molar-refractivity contribution in [3.63, 3.8) is 0 Å². The number of nitrogens with one attached hydrogen (secondary N) is 1. The summed E-state index contributed by atoms with van der Waals surface area (Å²) in [5, 5.41) is 0. The largest absolute Gasteiger partial charge is 0.352 e. The predicted molar refractivity (Wildman–Crippen MR) is 119 cm³/mol. The number of H-pyrrole nitrogens is 1. The molecule has 3 fully saturated rings. The van der Waals surface area contributed by atoms with E-state index in [0.717, 1.165) is 25.8 Å². The molecule has 6 atom stereocenters. The van der Waals surface area contributed by atoms with Gasteiger partial charge in [0.05, 0.1) is 29.0 Å². The number of benzene rings is 1. The maximum Gasteiger partial charge on any atom is 0.327 e. The lowest BCUT2D eigenvalue weighted by Crippen LogP contribution is -2.33. The van der Waals surface area contributed by atoms with E-state index in [-0.39, 0.29) is 35.9 Å². The summed E-state index contributed by atoms with van der Waals surface area (Å²) in [7, 11) is -4.84. The first kappa shape index (κ1) is 22.3. The Bertz CT molecular complexity index is 1090. The zero-order valence-corrected chi connectivity index (χ0v) is 19.6. The third kappa shape index (κ3) is 4.20. The predicted octanol–water partition coefficient (Wildman–Crippen LogP) is 2.82. The van der Waals surface area contributed by atoms with Crippen molar-refractivity contribution >= 4 is 18.4 Å². The van der Waals surface area contributed by atoms with Gasteiger partial charge in [-0.15, -0.1) is 0 Å². The molecule has 0 radical (unpaired) electrons. The van der Waals surface area contributed by atoms with Crippen LogP contribution in [0.4, 0.5) is 0 Å². The normalized spacial score (nSPS) is 33.0. The summed E-state index contributed by atoms with van der Waals surface area (Å²) < 4.78 is 48.4. The molecule has 1 aromatic heterocycles. The summed E-state index contributed by atoms with van der Waals surface area (Å²) >= 11 is 0. The Balaban J connectivity index is 1.29. The number of imidazole rings is 1. The van der Waals surface area contributed by atoms with E-state index >= 15 is 0 Å². The van der Waals surface area contributed by atoms with Crippen LogP contribution in [0.2, 0.25) is 0 Å². The number of hydrogen-bond donors (Lipinski definition) is 1. The van der Waals surface area contributed by atoms with Gasteiger partial charge in [-0.2, -0.15) is 0 Å². The summed E-state index contributed by atoms with van der Waals surface area (Å²) in [4.78, 5) is 15.0. The van der Waals surface area contributed by atoms with E-state index in [9.17, 15) is 13.2 Å². The number of nitrogens with zero attached hydrogens (tertiary/aromatic N) is 2. The fraction of sp³-hybridized carbons (Fsp3) is 0.571. The van der Waals surface area contributed by atoms with E-state index in [1.165, 1.54) is 0 Å². The van der Waals surface area contributed by atoms with Crippen LogP contribution in [0.3, 0.4) is 0 Å². The van der Waals surface area contributed by atoms with Crippen LogP contribution in [0.25, 0.3) is 0 Å². The standard InChI is InChI=1S/C21H28N3O6PS/c1-2-17-18(13-20(28-17)23-12-10-22-21(23)25)29-31-24-11-6-9-16(24)19(30-31)14-32(26,27)15-7-4-3-5-8-15/h3-5,7-8,10,12,16-20H,2,6,9,11,13-14H2,1H3,(H,22,25)/t16-,17+,18?,19+,20+,31-/m0/s1. The second kappa shape index (κ2) is 9.00. The molecule has 1 unspecified atom stereocenters. The first-order valence-electron chi connectivity index (χ1n) is 11.1. The van der Waals surface area contributed by atoms with Gasteiger partial charge in [0.1, 0.15) is 6.23 Å². The van der Waals surface area contributed by atoms with Crippen LogP contribution in [-0.2, 0) is 23.6 Å². The first-order valence-corrected chi connectivity index (χ1v) is 13.8. The van der Waals surface area contributed by atoms with Crippen molar-refractivity contribution in [3.8, 4) is 0 Å². The van der Waals surface area contributed by atoms with Gasteiger partial charge in [-0.05, 0) is 31.4 Å². The molecule has 11 heteroatoms. The van der Waals surface area contributed by atoms with Crippen LogP contribution >= 0.6 is 8.53 Å². The van der Waals surface area contributed by atoms with Crippen molar-refractivity contribution in [2.45, 2.75) is 68.1 Å². The summed E-state index contributed by atoms with van der Waals surface area (Å²) in [6.07, 6.45) is 5.30. The second-order valence-corrected chi connectivity index (χ2v) is 11.9. The smallest absolute Gasteiger partial charge is 0.327 e. The molecule has 1 N–H and O–H groups in total. The highest BCUT2D eigenvalue weighted by atomic mass is 32.2. The molecule has 9 nitrogen and oxygen atoms in total. The summed E-state index contributed by atoms with van der Waals surface area (Å²) in [5.41, 5.74) is -0.209. The van der Waals surface area contributed by atoms with Crippen molar-refractivity contribution in [2.24, 2.45) is 0 Å². The first-order chi connectivity index (χ1) is 15.5. The maximum absolute atomic E-state index is 12.9. The van der Waals surface area contributed by atoms with E-state index in [0.29, 0.717) is 11.3 Å². The summed E-state index contributed by atoms with van der Waals surface area (Å²) in [6.45, 7) is 2.86. The molecule has 0 aliphatic carbocycles. The van der Waals surface area contributed by atoms with Crippen LogP contribution < -0.4 is 5.69 Å². The van der Waals surface area contributed by atoms with Crippen LogP contribution in [0.15, 0.2) is 52.4 Å². The molecule has 174 valence electrons. The molecule has 0 bridgehead atoms. The van der Waals surface area contributed by atoms with E-state index in [1.54, 1.807) is 47.3 Å². The van der Waals surface area contributed by atoms with Crippen molar-refractivity contribution < 1.29 is 22.2 Å². The summed E-state index contributed by atoms with van der Waals surface area (Å²) in [6, 6.07) is 8.57. The Labute approximate surface area is 188 Å². The molecule has 0 amide bonds.